The zero-order valence-corrected chi connectivity index (χ0v) is 22.6. The average Bonchev–Trinajstić information content (AvgIpc) is 3.49. The van der Waals surface area contributed by atoms with Crippen molar-refractivity contribution in [3.63, 3.8) is 0 Å². The Hall–Kier alpha value is -4.45. The summed E-state index contributed by atoms with van der Waals surface area (Å²) < 4.78 is 55.7. The third-order valence-electron chi connectivity index (χ3n) is 6.70. The Morgan fingerprint density at radius 1 is 1.05 bits per heavy atom. The molecule has 9 nitrogen and oxygen atoms in total. The van der Waals surface area contributed by atoms with Crippen molar-refractivity contribution < 1.29 is 26.8 Å². The summed E-state index contributed by atoms with van der Waals surface area (Å²) >= 11 is 0. The number of nitrogens with one attached hydrogen (secondary N) is 1. The summed E-state index contributed by atoms with van der Waals surface area (Å²) in [5, 5.41) is 12.4. The Morgan fingerprint density at radius 3 is 2.48 bits per heavy atom. The highest BCUT2D eigenvalue weighted by Crippen LogP contribution is 2.33. The minimum Gasteiger partial charge on any atom is -0.325 e. The van der Waals surface area contributed by atoms with Crippen LogP contribution < -0.4 is 10.3 Å². The fourth-order valence-electron chi connectivity index (χ4n) is 4.41. The highest BCUT2D eigenvalue weighted by atomic mass is 32.2. The first-order valence-corrected chi connectivity index (χ1v) is 13.8. The molecule has 1 N–H and O–H groups in total. The maximum Gasteiger partial charge on any atom is 0.283 e. The van der Waals surface area contributed by atoms with E-state index in [0.717, 1.165) is 14.7 Å². The van der Waals surface area contributed by atoms with Crippen LogP contribution in [0.1, 0.15) is 31.4 Å². The second-order valence-electron chi connectivity index (χ2n) is 9.50. The Labute approximate surface area is 229 Å². The number of alkyl halides is 2. The molecule has 5 rings (SSSR count). The van der Waals surface area contributed by atoms with Crippen molar-refractivity contribution in [3.8, 4) is 0 Å². The lowest BCUT2D eigenvalue weighted by atomic mass is 10.0. The van der Waals surface area contributed by atoms with Crippen LogP contribution in [0.2, 0.25) is 0 Å². The molecule has 1 unspecified atom stereocenters. The molecule has 0 saturated carbocycles. The number of benzene rings is 3. The van der Waals surface area contributed by atoms with Crippen LogP contribution in [0.3, 0.4) is 0 Å². The van der Waals surface area contributed by atoms with Gasteiger partial charge >= 0.3 is 0 Å². The molecule has 4 aromatic rings. The number of carbonyl (C=O) groups excluding carboxylic acids is 2. The van der Waals surface area contributed by atoms with Crippen LogP contribution in [0.5, 0.6) is 0 Å². The second-order valence-corrected chi connectivity index (χ2v) is 11.3. The van der Waals surface area contributed by atoms with E-state index in [4.69, 9.17) is 0 Å². The topological polar surface area (TPSA) is 114 Å². The van der Waals surface area contributed by atoms with E-state index in [1.807, 2.05) is 6.92 Å². The van der Waals surface area contributed by atoms with E-state index >= 15 is 0 Å². The number of fused-ring (bicyclic) bond motifs is 1. The summed E-state index contributed by atoms with van der Waals surface area (Å²) in [6.45, 7) is 4.71. The van der Waals surface area contributed by atoms with Crippen LogP contribution in [0, 0.1) is 12.8 Å². The molecule has 0 radical (unpaired) electrons. The summed E-state index contributed by atoms with van der Waals surface area (Å²) in [6.07, 6.45) is 0.999. The standard InChI is InChI=1S/C28H25F2N5O4S/c1-4-28(29,30)20-6-5-7-21(14-20)32-26(36)25-18(3)33-34(27(25)37)22-11-10-19-16-31-35(24(19)15-22)40(38,39)23-12-8-17(2)9-13-23/h5-16,25H,4H2,1-3H3,(H,32,36). The minimum absolute atomic E-state index is 0.0529. The zero-order chi connectivity index (χ0) is 28.8. The Balaban J connectivity index is 1.42. The number of hydrogen-bond donors (Lipinski definition) is 1. The summed E-state index contributed by atoms with van der Waals surface area (Å²) in [6, 6.07) is 16.3. The molecule has 12 heteroatoms. The quantitative estimate of drug-likeness (QED) is 0.315. The fourth-order valence-corrected chi connectivity index (χ4v) is 5.68. The van der Waals surface area contributed by atoms with Gasteiger partial charge < -0.3 is 5.32 Å². The van der Waals surface area contributed by atoms with Crippen molar-refractivity contribution in [2.75, 3.05) is 10.3 Å². The molecule has 0 saturated heterocycles. The number of amides is 2. The summed E-state index contributed by atoms with van der Waals surface area (Å²) in [5.74, 6) is -5.75. The average molecular weight is 566 g/mol. The Kier molecular flexibility index (Phi) is 6.74. The molecular formula is C28H25F2N5O4S. The fraction of sp³-hybridized carbons (Fsp3) is 0.214. The minimum atomic E-state index is -4.03. The maximum absolute atomic E-state index is 14.1. The van der Waals surface area contributed by atoms with Gasteiger partial charge in [-0.2, -0.15) is 27.7 Å². The Bertz CT molecular complexity index is 1780. The molecule has 0 fully saturated rings. The highest BCUT2D eigenvalue weighted by Gasteiger charge is 2.40. The van der Waals surface area contributed by atoms with E-state index < -0.39 is 40.1 Å². The Morgan fingerprint density at radius 2 is 1.77 bits per heavy atom. The van der Waals surface area contributed by atoms with Gasteiger partial charge in [-0.15, -0.1) is 0 Å². The monoisotopic (exact) mass is 565 g/mol. The molecule has 0 spiro atoms. The normalized spacial score (nSPS) is 15.9. The van der Waals surface area contributed by atoms with Gasteiger partial charge in [0.1, 0.15) is 0 Å². The molecule has 1 atom stereocenters. The third kappa shape index (κ3) is 4.75. The van der Waals surface area contributed by atoms with Crippen LogP contribution in [0.15, 0.2) is 82.9 Å². The molecule has 1 aromatic heterocycles. The van der Waals surface area contributed by atoms with Crippen LogP contribution >= 0.6 is 0 Å². The first kappa shape index (κ1) is 27.1. The number of carbonyl (C=O) groups is 2. The molecule has 2 heterocycles. The smallest absolute Gasteiger partial charge is 0.283 e. The lowest BCUT2D eigenvalue weighted by Crippen LogP contribution is -2.36. The van der Waals surface area contributed by atoms with Gasteiger partial charge in [0.25, 0.3) is 21.9 Å². The molecular weight excluding hydrogens is 540 g/mol. The number of hydrazone groups is 1. The van der Waals surface area contributed by atoms with Crippen LogP contribution in [0.25, 0.3) is 10.9 Å². The van der Waals surface area contributed by atoms with Gasteiger partial charge in [-0.3, -0.25) is 9.59 Å². The summed E-state index contributed by atoms with van der Waals surface area (Å²) in [7, 11) is -4.03. The van der Waals surface area contributed by atoms with Crippen LogP contribution in [0.4, 0.5) is 20.2 Å². The van der Waals surface area contributed by atoms with Crippen LogP contribution in [-0.2, 0) is 25.5 Å². The first-order valence-electron chi connectivity index (χ1n) is 12.4. The maximum atomic E-state index is 14.1. The molecule has 40 heavy (non-hydrogen) atoms. The van der Waals surface area contributed by atoms with Crippen molar-refractivity contribution in [2.45, 2.75) is 38.0 Å². The van der Waals surface area contributed by atoms with E-state index in [0.29, 0.717) is 5.39 Å². The number of aryl methyl sites for hydroxylation is 1. The molecule has 0 aliphatic carbocycles. The SMILES string of the molecule is CCC(F)(F)c1cccc(NC(=O)C2C(=O)N(c3ccc4cnn(S(=O)(=O)c5ccc(C)cc5)c4c3)N=C2C)c1. The van der Waals surface area contributed by atoms with Crippen molar-refractivity contribution in [1.82, 2.24) is 9.19 Å². The number of anilines is 2. The summed E-state index contributed by atoms with van der Waals surface area (Å²) in [5.41, 5.74) is 1.43. The predicted octanol–water partition coefficient (Wildman–Crippen LogP) is 5.06. The molecule has 3 aromatic carbocycles. The van der Waals surface area contributed by atoms with E-state index in [-0.39, 0.29) is 33.1 Å². The number of hydrogen-bond acceptors (Lipinski definition) is 6. The van der Waals surface area contributed by atoms with Crippen LogP contribution in [-0.4, -0.2) is 35.1 Å². The third-order valence-corrected chi connectivity index (χ3v) is 8.32. The van der Waals surface area contributed by atoms with Gasteiger partial charge in [0.05, 0.1) is 28.0 Å². The van der Waals surface area contributed by atoms with Gasteiger partial charge in [-0.1, -0.05) is 36.8 Å². The van der Waals surface area contributed by atoms with E-state index in [1.165, 1.54) is 62.5 Å². The van der Waals surface area contributed by atoms with Gasteiger partial charge in [-0.05, 0) is 56.3 Å². The lowest BCUT2D eigenvalue weighted by Gasteiger charge is -2.17. The number of nitrogens with zero attached hydrogens (tertiary/aromatic N) is 4. The number of aromatic nitrogens is 2. The van der Waals surface area contributed by atoms with E-state index in [1.54, 1.807) is 24.3 Å². The zero-order valence-electron chi connectivity index (χ0n) is 21.8. The summed E-state index contributed by atoms with van der Waals surface area (Å²) in [4.78, 5) is 26.4. The van der Waals surface area contributed by atoms with Gasteiger partial charge in [0.15, 0.2) is 5.92 Å². The lowest BCUT2D eigenvalue weighted by molar-refractivity contribution is -0.127. The number of rotatable bonds is 7. The van der Waals surface area contributed by atoms with Gasteiger partial charge in [0.2, 0.25) is 5.91 Å². The molecule has 1 aliphatic rings. The molecule has 0 bridgehead atoms. The van der Waals surface area contributed by atoms with E-state index in [2.05, 4.69) is 15.5 Å². The van der Waals surface area contributed by atoms with Gasteiger partial charge in [0, 0.05) is 23.1 Å². The molecule has 206 valence electrons. The van der Waals surface area contributed by atoms with Crippen molar-refractivity contribution in [1.29, 1.82) is 0 Å². The van der Waals surface area contributed by atoms with E-state index in [9.17, 15) is 26.8 Å². The first-order chi connectivity index (χ1) is 18.9. The number of halogens is 2. The van der Waals surface area contributed by atoms with Gasteiger partial charge in [-0.25, -0.2) is 8.78 Å². The molecule has 2 amide bonds. The van der Waals surface area contributed by atoms with Crippen molar-refractivity contribution in [3.05, 3.63) is 84.1 Å². The largest absolute Gasteiger partial charge is 0.325 e. The molecule has 1 aliphatic heterocycles. The second kappa shape index (κ2) is 9.94. The predicted molar refractivity (Wildman–Crippen MR) is 147 cm³/mol. The highest BCUT2D eigenvalue weighted by molar-refractivity contribution is 7.90. The van der Waals surface area contributed by atoms with Crippen molar-refractivity contribution >= 4 is 49.8 Å². The van der Waals surface area contributed by atoms with Crippen molar-refractivity contribution in [2.24, 2.45) is 11.0 Å².